The molecule has 0 atom stereocenters. The molecule has 8 aromatic rings. The van der Waals surface area contributed by atoms with E-state index in [2.05, 4.69) is 111 Å². The maximum absolute atomic E-state index is 5.10. The fraction of sp³-hybridized carbons (Fsp3) is 0.0333. The molecule has 0 fully saturated rings. The number of thiophene rings is 2. The molecule has 3 aromatic carbocycles. The van der Waals surface area contributed by atoms with Crippen LogP contribution in [-0.2, 0) is 6.42 Å². The van der Waals surface area contributed by atoms with Crippen molar-refractivity contribution >= 4 is 70.4 Å². The Morgan fingerprint density at radius 2 is 1.49 bits per heavy atom. The van der Waals surface area contributed by atoms with Crippen LogP contribution >= 0.6 is 22.7 Å². The number of nitrogens with zero attached hydrogens (tertiary/aromatic N) is 3. The van der Waals surface area contributed by atoms with E-state index in [4.69, 9.17) is 4.98 Å². The van der Waals surface area contributed by atoms with Gasteiger partial charge >= 0.3 is 0 Å². The Morgan fingerprint density at radius 3 is 2.43 bits per heavy atom. The summed E-state index contributed by atoms with van der Waals surface area (Å²) in [5, 5.41) is 9.49. The van der Waals surface area contributed by atoms with Crippen molar-refractivity contribution < 1.29 is 0 Å². The van der Waals surface area contributed by atoms with Crippen molar-refractivity contribution in [2.24, 2.45) is 0 Å². The van der Waals surface area contributed by atoms with Crippen LogP contribution in [0.3, 0.4) is 0 Å². The minimum Gasteiger partial charge on any atom is -0.309 e. The largest absolute Gasteiger partial charge is 0.309 e. The van der Waals surface area contributed by atoms with Crippen molar-refractivity contribution in [3.63, 3.8) is 0 Å². The van der Waals surface area contributed by atoms with Crippen molar-refractivity contribution in [3.05, 3.63) is 113 Å². The maximum atomic E-state index is 5.10. The standard InChI is InChI=1S/C30H19N3S2/c1-2-6-21(7-3-1)33-26-9-5-4-8-22(26)25-17-19(10-11-27(25)33)16-20-18-32-29(31-20)23-12-14-34-28(23)24-13-15-35-30(24)32/h1-15,17-18H,16H2. The molecule has 0 radical (unpaired) electrons. The van der Waals surface area contributed by atoms with E-state index >= 15 is 0 Å². The normalized spacial score (nSPS) is 12.1. The van der Waals surface area contributed by atoms with Crippen LogP contribution < -0.4 is 0 Å². The fourth-order valence-electron chi connectivity index (χ4n) is 5.41. The molecular weight excluding hydrogens is 466 g/mol. The van der Waals surface area contributed by atoms with Crippen molar-refractivity contribution in [2.45, 2.75) is 6.42 Å². The topological polar surface area (TPSA) is 22.2 Å². The Labute approximate surface area is 209 Å². The zero-order valence-electron chi connectivity index (χ0n) is 18.7. The first-order chi connectivity index (χ1) is 17.3. The van der Waals surface area contributed by atoms with Gasteiger partial charge in [-0.1, -0.05) is 42.5 Å². The summed E-state index contributed by atoms with van der Waals surface area (Å²) in [6, 6.07) is 30.6. The van der Waals surface area contributed by atoms with Crippen LogP contribution in [0.1, 0.15) is 11.3 Å². The Balaban J connectivity index is 1.30. The molecule has 0 N–H and O–H groups in total. The summed E-state index contributed by atoms with van der Waals surface area (Å²) in [5.41, 5.74) is 7.10. The zero-order valence-corrected chi connectivity index (χ0v) is 20.3. The van der Waals surface area contributed by atoms with Gasteiger partial charge in [-0.3, -0.25) is 4.40 Å². The van der Waals surface area contributed by atoms with Crippen molar-refractivity contribution in [1.82, 2.24) is 14.0 Å². The highest BCUT2D eigenvalue weighted by Gasteiger charge is 2.15. The lowest BCUT2D eigenvalue weighted by Crippen LogP contribution is -1.93. The number of pyridine rings is 1. The molecule has 0 aliphatic carbocycles. The molecule has 0 aliphatic rings. The molecule has 5 heteroatoms. The molecule has 0 amide bonds. The van der Waals surface area contributed by atoms with E-state index < -0.39 is 0 Å². The van der Waals surface area contributed by atoms with Crippen LogP contribution in [0.25, 0.3) is 53.4 Å². The molecule has 3 nitrogen and oxygen atoms in total. The molecule has 0 saturated carbocycles. The van der Waals surface area contributed by atoms with E-state index in [1.165, 1.54) is 53.4 Å². The second-order valence-corrected chi connectivity index (χ2v) is 10.8. The molecule has 0 unspecified atom stereocenters. The number of benzene rings is 3. The molecule has 0 saturated heterocycles. The van der Waals surface area contributed by atoms with Gasteiger partial charge < -0.3 is 4.57 Å². The average molecular weight is 486 g/mol. The Morgan fingerprint density at radius 1 is 0.686 bits per heavy atom. The number of para-hydroxylation sites is 2. The first-order valence-corrected chi connectivity index (χ1v) is 13.4. The van der Waals surface area contributed by atoms with Gasteiger partial charge in [-0.15, -0.1) is 22.7 Å². The maximum Gasteiger partial charge on any atom is 0.146 e. The first kappa shape index (κ1) is 19.4. The van der Waals surface area contributed by atoms with Gasteiger partial charge in [0.1, 0.15) is 10.5 Å². The summed E-state index contributed by atoms with van der Waals surface area (Å²) in [4.78, 5) is 6.38. The Hall–Kier alpha value is -3.93. The van der Waals surface area contributed by atoms with E-state index in [-0.39, 0.29) is 0 Å². The third-order valence-electron chi connectivity index (χ3n) is 6.91. The smallest absolute Gasteiger partial charge is 0.146 e. The second kappa shape index (κ2) is 7.28. The number of fused-ring (bicyclic) bond motifs is 9. The average Bonchev–Trinajstić information content (AvgIpc) is 3.67. The van der Waals surface area contributed by atoms with E-state index in [1.54, 1.807) is 22.7 Å². The van der Waals surface area contributed by atoms with E-state index in [9.17, 15) is 0 Å². The Kier molecular flexibility index (Phi) is 4.03. The third kappa shape index (κ3) is 2.80. The summed E-state index contributed by atoms with van der Waals surface area (Å²) in [6.45, 7) is 0. The van der Waals surface area contributed by atoms with Gasteiger partial charge in [0.25, 0.3) is 0 Å². The molecule has 0 aliphatic heterocycles. The zero-order chi connectivity index (χ0) is 22.9. The molecular formula is C30H19N3S2. The van der Waals surface area contributed by atoms with Gasteiger partial charge in [0.2, 0.25) is 0 Å². The van der Waals surface area contributed by atoms with Gasteiger partial charge in [0.05, 0.1) is 16.7 Å². The summed E-state index contributed by atoms with van der Waals surface area (Å²) in [5.74, 6) is 0. The molecule has 0 spiro atoms. The van der Waals surface area contributed by atoms with Crippen molar-refractivity contribution in [3.8, 4) is 5.69 Å². The molecule has 5 aromatic heterocycles. The number of hydrogen-bond donors (Lipinski definition) is 0. The van der Waals surface area contributed by atoms with Gasteiger partial charge in [0.15, 0.2) is 0 Å². The van der Waals surface area contributed by atoms with Crippen LogP contribution in [-0.4, -0.2) is 14.0 Å². The van der Waals surface area contributed by atoms with Gasteiger partial charge in [0, 0.05) is 44.5 Å². The lowest BCUT2D eigenvalue weighted by Gasteiger charge is -2.07. The predicted molar refractivity (Wildman–Crippen MR) is 150 cm³/mol. The summed E-state index contributed by atoms with van der Waals surface area (Å²) >= 11 is 3.59. The van der Waals surface area contributed by atoms with Crippen LogP contribution in [0.5, 0.6) is 0 Å². The highest BCUT2D eigenvalue weighted by atomic mass is 32.1. The minimum absolute atomic E-state index is 0.807. The van der Waals surface area contributed by atoms with E-state index in [0.29, 0.717) is 0 Å². The fourth-order valence-corrected chi connectivity index (χ4v) is 7.27. The molecule has 166 valence electrons. The van der Waals surface area contributed by atoms with Crippen LogP contribution in [0, 0.1) is 0 Å². The monoisotopic (exact) mass is 485 g/mol. The SMILES string of the molecule is c1ccc(-n2c3ccccc3c3cc(Cc4cn5c(n4)c4ccsc4c4ccsc45)ccc32)cc1. The van der Waals surface area contributed by atoms with Crippen LogP contribution in [0.15, 0.2) is 102 Å². The number of rotatable bonds is 3. The Bertz CT molecular complexity index is 1970. The molecule has 8 rings (SSSR count). The van der Waals surface area contributed by atoms with Crippen molar-refractivity contribution in [1.29, 1.82) is 0 Å². The predicted octanol–water partition coefficient (Wildman–Crippen LogP) is 8.45. The highest BCUT2D eigenvalue weighted by Crippen LogP contribution is 2.36. The van der Waals surface area contributed by atoms with Gasteiger partial charge in [-0.2, -0.15) is 0 Å². The van der Waals surface area contributed by atoms with E-state index in [0.717, 1.165) is 17.8 Å². The number of hydrogen-bond acceptors (Lipinski definition) is 3. The van der Waals surface area contributed by atoms with Crippen LogP contribution in [0.4, 0.5) is 0 Å². The summed E-state index contributed by atoms with van der Waals surface area (Å²) in [7, 11) is 0. The lowest BCUT2D eigenvalue weighted by atomic mass is 10.1. The third-order valence-corrected chi connectivity index (χ3v) is 8.77. The second-order valence-electron chi connectivity index (χ2n) is 8.95. The molecule has 35 heavy (non-hydrogen) atoms. The summed E-state index contributed by atoms with van der Waals surface area (Å²) < 4.78 is 5.98. The van der Waals surface area contributed by atoms with Gasteiger partial charge in [-0.05, 0) is 58.8 Å². The minimum atomic E-state index is 0.807. The summed E-state index contributed by atoms with van der Waals surface area (Å²) in [6.07, 6.45) is 3.03. The lowest BCUT2D eigenvalue weighted by molar-refractivity contribution is 1.12. The first-order valence-electron chi connectivity index (χ1n) is 11.7. The van der Waals surface area contributed by atoms with Crippen LogP contribution in [0.2, 0.25) is 0 Å². The molecule has 0 bridgehead atoms. The number of aromatic nitrogens is 3. The van der Waals surface area contributed by atoms with Crippen molar-refractivity contribution in [2.75, 3.05) is 0 Å². The van der Waals surface area contributed by atoms with Gasteiger partial charge in [-0.25, -0.2) is 4.98 Å². The van der Waals surface area contributed by atoms with E-state index in [1.807, 2.05) is 0 Å². The highest BCUT2D eigenvalue weighted by molar-refractivity contribution is 7.21. The quantitative estimate of drug-likeness (QED) is 0.246. The number of imidazole rings is 1. The molecule has 5 heterocycles.